The van der Waals surface area contributed by atoms with Crippen LogP contribution in [0.25, 0.3) is 11.2 Å². The van der Waals surface area contributed by atoms with E-state index in [0.717, 1.165) is 5.56 Å². The minimum Gasteiger partial charge on any atom is -0.480 e. The van der Waals surface area contributed by atoms with E-state index in [1.165, 1.54) is 11.8 Å². The molecule has 0 spiro atoms. The van der Waals surface area contributed by atoms with Gasteiger partial charge in [0, 0.05) is 5.02 Å². The summed E-state index contributed by atoms with van der Waals surface area (Å²) in [6.07, 6.45) is 0. The van der Waals surface area contributed by atoms with Gasteiger partial charge in [0.05, 0.1) is 6.54 Å². The number of fused-ring (bicyclic) bond motifs is 1. The predicted octanol–water partition coefficient (Wildman–Crippen LogP) is 4.74. The topological polar surface area (TPSA) is 68.0 Å². The number of nitrogens with zero attached hydrogens (tertiary/aromatic N) is 3. The molecule has 5 nitrogen and oxygen atoms in total. The van der Waals surface area contributed by atoms with Crippen LogP contribution < -0.4 is 0 Å². The van der Waals surface area contributed by atoms with Crippen molar-refractivity contribution in [3.8, 4) is 0 Å². The number of hydrogen-bond donors (Lipinski definition) is 1. The number of aromatic nitrogens is 3. The summed E-state index contributed by atoms with van der Waals surface area (Å²) in [5, 5.41) is 11.0. The highest BCUT2D eigenvalue weighted by atomic mass is 35.5. The standard InChI is InChI=1S/C17H15Cl2N3O2S/c1-17(2,15(23)24)25-16-20-12-7-8-13(19)21-14(12)22(16)9-10-3-5-11(18)6-4-10/h3-8H,9H2,1-2H3,(H,23,24). The third-order valence-corrected chi connectivity index (χ3v) is 5.28. The number of carboxylic acid groups (broad SMARTS) is 1. The van der Waals surface area contributed by atoms with Crippen LogP contribution in [0, 0.1) is 0 Å². The molecule has 130 valence electrons. The Morgan fingerprint density at radius 1 is 1.16 bits per heavy atom. The van der Waals surface area contributed by atoms with Gasteiger partial charge in [-0.2, -0.15) is 0 Å². The number of halogens is 2. The molecule has 0 radical (unpaired) electrons. The van der Waals surface area contributed by atoms with Crippen LogP contribution >= 0.6 is 35.0 Å². The Balaban J connectivity index is 2.09. The summed E-state index contributed by atoms with van der Waals surface area (Å²) in [6.45, 7) is 3.78. The number of imidazole rings is 1. The lowest BCUT2D eigenvalue weighted by molar-refractivity contribution is -0.138. The van der Waals surface area contributed by atoms with E-state index in [1.807, 2.05) is 28.8 Å². The first-order valence-electron chi connectivity index (χ1n) is 7.46. The SMILES string of the molecule is CC(C)(Sc1nc2ccc(Cl)nc2n1Cc1ccc(Cl)cc1)C(=O)O. The van der Waals surface area contributed by atoms with Crippen molar-refractivity contribution in [2.24, 2.45) is 0 Å². The van der Waals surface area contributed by atoms with Crippen LogP contribution in [0.4, 0.5) is 0 Å². The summed E-state index contributed by atoms with van der Waals surface area (Å²) in [4.78, 5) is 20.4. The normalized spacial score (nSPS) is 11.8. The average molecular weight is 396 g/mol. The second kappa shape index (κ2) is 6.86. The van der Waals surface area contributed by atoms with E-state index in [9.17, 15) is 9.90 Å². The average Bonchev–Trinajstić information content (AvgIpc) is 2.86. The lowest BCUT2D eigenvalue weighted by atomic mass is 10.2. The van der Waals surface area contributed by atoms with E-state index in [4.69, 9.17) is 23.2 Å². The van der Waals surface area contributed by atoms with Crippen LogP contribution in [-0.4, -0.2) is 30.4 Å². The molecule has 8 heteroatoms. The van der Waals surface area contributed by atoms with Crippen molar-refractivity contribution in [3.63, 3.8) is 0 Å². The molecule has 1 N–H and O–H groups in total. The van der Waals surface area contributed by atoms with Crippen molar-refractivity contribution in [3.05, 3.63) is 52.1 Å². The number of pyridine rings is 1. The maximum absolute atomic E-state index is 11.5. The molecular weight excluding hydrogens is 381 g/mol. The number of thioether (sulfide) groups is 1. The van der Waals surface area contributed by atoms with Crippen molar-refractivity contribution in [2.75, 3.05) is 0 Å². The number of benzene rings is 1. The van der Waals surface area contributed by atoms with Crippen LogP contribution in [0.3, 0.4) is 0 Å². The predicted molar refractivity (Wildman–Crippen MR) is 101 cm³/mol. The summed E-state index contributed by atoms with van der Waals surface area (Å²) < 4.78 is 0.850. The van der Waals surface area contributed by atoms with E-state index >= 15 is 0 Å². The molecule has 0 bridgehead atoms. The van der Waals surface area contributed by atoms with E-state index in [0.29, 0.717) is 33.0 Å². The van der Waals surface area contributed by atoms with Crippen LogP contribution in [0.2, 0.25) is 10.2 Å². The first-order valence-corrected chi connectivity index (χ1v) is 9.03. The Labute approximate surface area is 159 Å². The second-order valence-electron chi connectivity index (χ2n) is 6.00. The van der Waals surface area contributed by atoms with Crippen LogP contribution in [0.1, 0.15) is 19.4 Å². The Bertz CT molecular complexity index is 939. The maximum Gasteiger partial charge on any atom is 0.319 e. The van der Waals surface area contributed by atoms with Gasteiger partial charge < -0.3 is 5.11 Å². The molecule has 3 rings (SSSR count). The summed E-state index contributed by atoms with van der Waals surface area (Å²) in [7, 11) is 0. The van der Waals surface area contributed by atoms with Crippen molar-refractivity contribution in [1.29, 1.82) is 0 Å². The van der Waals surface area contributed by atoms with Crippen molar-refractivity contribution in [2.45, 2.75) is 30.3 Å². The van der Waals surface area contributed by atoms with Gasteiger partial charge in [-0.25, -0.2) is 9.97 Å². The van der Waals surface area contributed by atoms with Gasteiger partial charge in [0.25, 0.3) is 0 Å². The van der Waals surface area contributed by atoms with Gasteiger partial charge in [0.1, 0.15) is 15.4 Å². The van der Waals surface area contributed by atoms with E-state index in [1.54, 1.807) is 26.0 Å². The molecule has 0 fully saturated rings. The molecule has 2 heterocycles. The fraction of sp³-hybridized carbons (Fsp3) is 0.235. The molecule has 25 heavy (non-hydrogen) atoms. The van der Waals surface area contributed by atoms with Gasteiger partial charge in [-0.1, -0.05) is 47.1 Å². The minimum atomic E-state index is -1.02. The maximum atomic E-state index is 11.5. The van der Waals surface area contributed by atoms with Gasteiger partial charge in [-0.15, -0.1) is 0 Å². The van der Waals surface area contributed by atoms with Gasteiger partial charge in [0.15, 0.2) is 10.8 Å². The zero-order valence-electron chi connectivity index (χ0n) is 13.5. The first-order chi connectivity index (χ1) is 11.8. The molecule has 3 aromatic rings. The monoisotopic (exact) mass is 395 g/mol. The number of hydrogen-bond acceptors (Lipinski definition) is 4. The highest BCUT2D eigenvalue weighted by molar-refractivity contribution is 8.01. The molecule has 1 aromatic carbocycles. The molecule has 2 aromatic heterocycles. The van der Waals surface area contributed by atoms with Gasteiger partial charge in [0.2, 0.25) is 0 Å². The summed E-state index contributed by atoms with van der Waals surface area (Å²) in [6, 6.07) is 10.9. The Kier molecular flexibility index (Phi) is 4.95. The molecular formula is C17H15Cl2N3O2S. The number of carbonyl (C=O) groups is 1. The minimum absolute atomic E-state index is 0.360. The highest BCUT2D eigenvalue weighted by Gasteiger charge is 2.31. The third kappa shape index (κ3) is 3.92. The Hall–Kier alpha value is -1.76. The first kappa shape index (κ1) is 18.0. The Morgan fingerprint density at radius 3 is 2.48 bits per heavy atom. The van der Waals surface area contributed by atoms with Crippen molar-refractivity contribution >= 4 is 52.1 Å². The Morgan fingerprint density at radius 2 is 1.84 bits per heavy atom. The number of aliphatic carboxylic acids is 1. The van der Waals surface area contributed by atoms with Crippen molar-refractivity contribution < 1.29 is 9.90 Å². The highest BCUT2D eigenvalue weighted by Crippen LogP contribution is 2.34. The fourth-order valence-corrected chi connectivity index (χ4v) is 3.44. The zero-order valence-corrected chi connectivity index (χ0v) is 15.9. The van der Waals surface area contributed by atoms with Crippen LogP contribution in [0.15, 0.2) is 41.6 Å². The molecule has 0 atom stereocenters. The van der Waals surface area contributed by atoms with Gasteiger partial charge in [-0.3, -0.25) is 9.36 Å². The largest absolute Gasteiger partial charge is 0.480 e. The van der Waals surface area contributed by atoms with E-state index in [2.05, 4.69) is 9.97 Å². The summed E-state index contributed by atoms with van der Waals surface area (Å²) in [5.74, 6) is -0.909. The molecule has 0 aliphatic rings. The van der Waals surface area contributed by atoms with Crippen LogP contribution in [-0.2, 0) is 11.3 Å². The summed E-state index contributed by atoms with van der Waals surface area (Å²) in [5.41, 5.74) is 2.29. The third-order valence-electron chi connectivity index (χ3n) is 3.64. The molecule has 0 aliphatic heterocycles. The zero-order chi connectivity index (χ0) is 18.2. The van der Waals surface area contributed by atoms with Crippen LogP contribution in [0.5, 0.6) is 0 Å². The van der Waals surface area contributed by atoms with Crippen molar-refractivity contribution in [1.82, 2.24) is 14.5 Å². The fourth-order valence-electron chi connectivity index (χ4n) is 2.22. The molecule has 0 saturated heterocycles. The van der Waals surface area contributed by atoms with E-state index in [-0.39, 0.29) is 0 Å². The van der Waals surface area contributed by atoms with Gasteiger partial charge >= 0.3 is 5.97 Å². The van der Waals surface area contributed by atoms with E-state index < -0.39 is 10.7 Å². The molecule has 0 amide bonds. The summed E-state index contributed by atoms with van der Waals surface area (Å²) >= 11 is 13.2. The van der Waals surface area contributed by atoms with Gasteiger partial charge in [-0.05, 0) is 43.7 Å². The number of carboxylic acids is 1. The number of rotatable bonds is 5. The lowest BCUT2D eigenvalue weighted by Crippen LogP contribution is -2.27. The quantitative estimate of drug-likeness (QED) is 0.498. The molecule has 0 unspecified atom stereocenters. The second-order valence-corrected chi connectivity index (χ2v) is 8.41. The smallest absolute Gasteiger partial charge is 0.319 e. The molecule has 0 aliphatic carbocycles. The molecule has 0 saturated carbocycles. The lowest BCUT2D eigenvalue weighted by Gasteiger charge is -2.18.